The Morgan fingerprint density at radius 1 is 0.405 bits per heavy atom. The number of fused-ring (bicyclic) bond motifs is 5. The number of benzene rings is 7. The Labute approximate surface area is 880 Å². The zero-order chi connectivity index (χ0) is 104. The molecule has 19 nitrogen and oxygen atoms in total. The van der Waals surface area contributed by atoms with Crippen LogP contribution >= 0.6 is 56.7 Å². The third kappa shape index (κ3) is 23.9. The summed E-state index contributed by atoms with van der Waals surface area (Å²) in [6, 6.07) is 63.0. The molecule has 9 heterocycles. The van der Waals surface area contributed by atoms with Gasteiger partial charge in [0.05, 0.1) is 80.8 Å². The number of imidazole rings is 4. The highest BCUT2D eigenvalue weighted by Crippen LogP contribution is 2.49. The van der Waals surface area contributed by atoms with Crippen LogP contribution in [-0.4, -0.2) is 97.0 Å². The Hall–Kier alpha value is -13.3. The van der Waals surface area contributed by atoms with Gasteiger partial charge in [0, 0.05) is 149 Å². The maximum Gasteiger partial charge on any atom is 0.573 e. The van der Waals surface area contributed by atoms with Crippen LogP contribution in [0.4, 0.5) is 13.2 Å². The number of carbonyl (C=O) groups is 8. The lowest BCUT2D eigenvalue weighted by Crippen LogP contribution is -2.38. The predicted octanol–water partition coefficient (Wildman–Crippen LogP) is 31.3. The molecule has 4 fully saturated rings. The average molecular weight is 2080 g/mol. The number of aryl methyl sites for hydroxylation is 5. The molecule has 0 aliphatic heterocycles. The minimum absolute atomic E-state index is 0.0335. The van der Waals surface area contributed by atoms with E-state index in [-0.39, 0.29) is 93.8 Å². The summed E-state index contributed by atoms with van der Waals surface area (Å²) in [5, 5.41) is 15.1. The molecule has 148 heavy (non-hydrogen) atoms. The van der Waals surface area contributed by atoms with E-state index in [0.717, 1.165) is 222 Å². The summed E-state index contributed by atoms with van der Waals surface area (Å²) in [6.07, 6.45) is 24.3. The fourth-order valence-corrected chi connectivity index (χ4v) is 26.8. The Bertz CT molecular complexity index is 7560. The van der Waals surface area contributed by atoms with Crippen LogP contribution in [-0.2, 0) is 12.8 Å². The Balaban J connectivity index is 0.000000129. The second-order valence-electron chi connectivity index (χ2n) is 39.9. The third-order valence-electron chi connectivity index (χ3n) is 29.7. The first-order valence-corrected chi connectivity index (χ1v) is 56.1. The summed E-state index contributed by atoms with van der Waals surface area (Å²) in [4.78, 5) is 131. The van der Waals surface area contributed by atoms with Crippen molar-refractivity contribution in [2.24, 2.45) is 17.8 Å². The molecule has 0 unspecified atom stereocenters. The molecule has 9 aromatic heterocycles. The number of amides is 1. The van der Waals surface area contributed by atoms with Crippen LogP contribution in [0, 0.1) is 69.1 Å². The topological polar surface area (TPSA) is 253 Å². The lowest BCUT2D eigenvalue weighted by Gasteiger charge is -2.32. The molecule has 7 aromatic carbocycles. The predicted molar refractivity (Wildman–Crippen MR) is 588 cm³/mol. The van der Waals surface area contributed by atoms with Gasteiger partial charge in [-0.05, 0) is 318 Å². The van der Waals surface area contributed by atoms with E-state index in [4.69, 9.17) is 26.4 Å². The van der Waals surface area contributed by atoms with Gasteiger partial charge < -0.3 is 28.3 Å². The fourth-order valence-electron chi connectivity index (χ4n) is 22.4. The van der Waals surface area contributed by atoms with Crippen LogP contribution in [0.25, 0.3) is 89.7 Å². The van der Waals surface area contributed by atoms with Crippen LogP contribution in [0.15, 0.2) is 200 Å². The molecule has 0 saturated heterocycles. The molecule has 8 atom stereocenters. The number of nitrogens with one attached hydrogen (secondary N) is 1. The van der Waals surface area contributed by atoms with E-state index in [1.807, 2.05) is 210 Å². The lowest BCUT2D eigenvalue weighted by atomic mass is 9.82. The van der Waals surface area contributed by atoms with Gasteiger partial charge in [0.1, 0.15) is 29.0 Å². The summed E-state index contributed by atoms with van der Waals surface area (Å²) < 4.78 is 53.2. The van der Waals surface area contributed by atoms with Gasteiger partial charge in [-0.15, -0.1) is 76.3 Å². The largest absolute Gasteiger partial charge is 0.573 e. The van der Waals surface area contributed by atoms with Crippen LogP contribution in [0.5, 0.6) is 5.75 Å². The molecule has 0 radical (unpaired) electrons. The maximum absolute atomic E-state index is 13.3. The van der Waals surface area contributed by atoms with E-state index in [0.29, 0.717) is 96.8 Å². The van der Waals surface area contributed by atoms with E-state index in [1.54, 1.807) is 71.3 Å². The van der Waals surface area contributed by atoms with Gasteiger partial charge in [0.25, 0.3) is 5.91 Å². The number of alkyl halides is 3. The minimum atomic E-state index is -4.86. The number of nitrogens with zero attached hydrogens (tertiary/aromatic N) is 9. The first-order chi connectivity index (χ1) is 71.6. The number of ether oxygens (including phenoxy) is 1. The number of rotatable bonds is 28. The molecule has 16 aromatic rings. The van der Waals surface area contributed by atoms with Crippen molar-refractivity contribution in [1.29, 1.82) is 5.26 Å². The van der Waals surface area contributed by atoms with Crippen molar-refractivity contribution < 1.29 is 56.3 Å². The Morgan fingerprint density at radius 2 is 0.777 bits per heavy atom. The van der Waals surface area contributed by atoms with Gasteiger partial charge in [-0.3, -0.25) is 38.4 Å². The normalized spacial score (nSPS) is 18.2. The SMILES string of the molecule is C#Cc1cccc(-c2nc3cc(C(=O)CC)ccc3n2[C@H]2CCC[C@@H](CC(=O)c3ccc(C)s3)C2)c1.CCC(=O)c1ccc2c(c1)nc(-c1cccc(C#N)c1)n2[C@H]1CCC[C@@H](CC(=O)c2ccc(C)s2)C1.CCC(=O)c1ccc2c(c1)nc(-c1ccccc1OC(F)(F)F)n2[C@H]1CCC[C@@H](CC(=O)c2ccc(C)s2)C1.CCC(=O)c1ccc2c(c1)nc(-c1csc3c1CCCC3)n2[C@H]1CCC[C@@H](NC(=O)c2ccc(C)s2)C1. The van der Waals surface area contributed by atoms with Gasteiger partial charge in [-0.25, -0.2) is 19.9 Å². The number of terminal acetylenes is 1. The molecule has 21 rings (SSSR count). The summed E-state index contributed by atoms with van der Waals surface area (Å²) in [7, 11) is 0. The molecule has 0 bridgehead atoms. The zero-order valence-electron chi connectivity index (χ0n) is 84.7. The molecule has 0 spiro atoms. The van der Waals surface area contributed by atoms with E-state index < -0.39 is 6.36 Å². The molecule has 1 N–H and O–H groups in total. The number of ketones is 7. The second kappa shape index (κ2) is 46.6. The van der Waals surface area contributed by atoms with Gasteiger partial charge in [0.2, 0.25) is 0 Å². The monoisotopic (exact) mass is 2070 g/mol. The second-order valence-corrected chi connectivity index (χ2v) is 46.1. The molecule has 1 amide bonds. The lowest BCUT2D eigenvalue weighted by molar-refractivity contribution is -0.274. The Kier molecular flexibility index (Phi) is 33.0. The van der Waals surface area contributed by atoms with E-state index in [2.05, 4.69) is 47.2 Å². The highest BCUT2D eigenvalue weighted by molar-refractivity contribution is 7.15. The van der Waals surface area contributed by atoms with E-state index in [9.17, 15) is 56.8 Å². The van der Waals surface area contributed by atoms with Crippen LogP contribution in [0.3, 0.4) is 0 Å². The van der Waals surface area contributed by atoms with Crippen molar-refractivity contribution in [1.82, 2.24) is 43.5 Å². The molecule has 27 heteroatoms. The minimum Gasteiger partial charge on any atom is -0.405 e. The average Bonchev–Trinajstić information content (AvgIpc) is 1.60. The standard InChI is InChI=1S/C31H30N2O2S.C30H29F3N2O3S.C30H33N3O2S2.C30H29N3O2S/c1-4-21-8-6-10-24(16-21)31-32-26-19-23(28(34)5-2)13-14-27(26)33(31)25-11-7-9-22(17-25)18-29(35)30-15-12-20(3)36-30;1-3-25(36)20-12-13-24-23(17-20)34-29(22-9-4-5-10-27(22)38-30(31,32)33)35(24)21-8-6-7-19(15-21)16-26(37)28-14-11-18(2)39-28;1-3-26(34)19-12-13-25-24(15-19)32-29(23-17-36-27-10-5-4-9-22(23)27)33(25)21-8-6-7-20(16-21)31-30(35)28-14-11-18(2)37-28;1-3-27(34)22-11-12-26-25(17-22)32-30(23-8-4-7-21(14-23)18-31)33(26)24-9-5-6-20(15-24)16-28(35)29-13-10-19(2)36-29/h1,6,8,10,12-16,19,22,25H,5,7,9,11,17-18H2,2-3H3;4-5,9-14,17,19,21H,3,6-8,15-16H2,1-2H3;11-15,17,20-21H,3-10,16H2,1-2H3,(H,31,35);4,7-8,10-14,17,20,24H,3,5-6,9,15-16H2,1-2H3/t22-,25+;19-,21+;20-,21+;20-,24+/m1111/s1. The first kappa shape index (κ1) is 105. The molecular formula is C121H121F3N10O9S5. The molecule has 5 aliphatic rings. The fraction of sp³-hybridized carbons (Fsp3) is 0.364. The number of nitriles is 1. The molecule has 760 valence electrons. The molecule has 4 saturated carbocycles. The van der Waals surface area contributed by atoms with Crippen molar-refractivity contribution in [3.8, 4) is 69.7 Å². The summed E-state index contributed by atoms with van der Waals surface area (Å²) >= 11 is 8.08. The van der Waals surface area contributed by atoms with Gasteiger partial charge >= 0.3 is 6.36 Å². The smallest absolute Gasteiger partial charge is 0.405 e. The van der Waals surface area contributed by atoms with Gasteiger partial charge in [0.15, 0.2) is 40.5 Å². The number of aromatic nitrogens is 8. The van der Waals surface area contributed by atoms with Crippen LogP contribution in [0.2, 0.25) is 0 Å². The zero-order valence-corrected chi connectivity index (χ0v) is 88.8. The number of thiophene rings is 5. The van der Waals surface area contributed by atoms with Crippen LogP contribution in [0.1, 0.15) is 334 Å². The number of hydrogen-bond acceptors (Lipinski definition) is 19. The summed E-state index contributed by atoms with van der Waals surface area (Å²) in [6.45, 7) is 15.5. The van der Waals surface area contributed by atoms with E-state index >= 15 is 0 Å². The van der Waals surface area contributed by atoms with Crippen molar-refractivity contribution in [2.75, 3.05) is 0 Å². The van der Waals surface area contributed by atoms with E-state index in [1.165, 1.54) is 57.2 Å². The number of carbonyl (C=O) groups excluding carboxylic acids is 8. The Morgan fingerprint density at radius 3 is 1.18 bits per heavy atom. The summed E-state index contributed by atoms with van der Waals surface area (Å²) in [5.41, 5.74) is 15.7. The maximum atomic E-state index is 13.3. The van der Waals surface area contributed by atoms with Crippen LogP contribution < -0.4 is 10.1 Å². The third-order valence-corrected chi connectivity index (χ3v) is 34.9. The van der Waals surface area contributed by atoms with Crippen molar-refractivity contribution in [2.45, 2.75) is 265 Å². The van der Waals surface area contributed by atoms with Gasteiger partial charge in [-0.2, -0.15) is 5.26 Å². The first-order valence-electron chi connectivity index (χ1n) is 52.0. The highest BCUT2D eigenvalue weighted by Gasteiger charge is 2.39. The van der Waals surface area contributed by atoms with Crippen molar-refractivity contribution >= 4 is 147 Å². The number of hydrogen-bond donors (Lipinski definition) is 1. The van der Waals surface area contributed by atoms with Gasteiger partial charge in [-0.1, -0.05) is 89.3 Å². The number of para-hydroxylation sites is 1. The van der Waals surface area contributed by atoms with Crippen molar-refractivity contribution in [3.05, 3.63) is 282 Å². The highest BCUT2D eigenvalue weighted by atomic mass is 32.1. The molecule has 5 aliphatic carbocycles. The number of Topliss-reactive ketones (excluding diaryl/α,β-unsaturated/α-hetero) is 7. The quantitative estimate of drug-likeness (QED) is 0.0354. The number of halogens is 3. The molecular weight excluding hydrogens is 1950 g/mol. The van der Waals surface area contributed by atoms with Crippen molar-refractivity contribution in [3.63, 3.8) is 0 Å². The summed E-state index contributed by atoms with van der Waals surface area (Å²) in [5.74, 6) is 7.23.